The van der Waals surface area contributed by atoms with E-state index in [0.717, 1.165) is 44.8 Å². The van der Waals surface area contributed by atoms with E-state index in [9.17, 15) is 0 Å². The van der Waals surface area contributed by atoms with Crippen molar-refractivity contribution < 1.29 is 0 Å². The molecule has 1 fully saturated rings. The highest BCUT2D eigenvalue weighted by Crippen LogP contribution is 2.11. The predicted molar refractivity (Wildman–Crippen MR) is 78.7 cm³/mol. The Morgan fingerprint density at radius 2 is 2.11 bits per heavy atom. The maximum atomic E-state index is 5.79. The van der Waals surface area contributed by atoms with Gasteiger partial charge in [-0.1, -0.05) is 24.4 Å². The van der Waals surface area contributed by atoms with E-state index >= 15 is 0 Å². The largest absolute Gasteiger partial charge is 0.392 e. The van der Waals surface area contributed by atoms with Crippen LogP contribution in [0, 0.1) is 0 Å². The molecule has 0 aliphatic carbocycles. The Kier molecular flexibility index (Phi) is 4.84. The molecule has 6 nitrogen and oxygen atoms in total. The van der Waals surface area contributed by atoms with Gasteiger partial charge in [-0.2, -0.15) is 0 Å². The molecule has 0 aromatic carbocycles. The maximum Gasteiger partial charge on any atom is 0.0967 e. The third kappa shape index (κ3) is 3.71. The van der Waals surface area contributed by atoms with Crippen LogP contribution in [0.4, 0.5) is 0 Å². The average Bonchev–Trinajstić information content (AvgIpc) is 2.77. The summed E-state index contributed by atoms with van der Waals surface area (Å²) in [5.74, 6) is 0. The number of hydrogen-bond acceptors (Lipinski definition) is 5. The monoisotopic (exact) mass is 282 g/mol. The maximum absolute atomic E-state index is 5.79. The minimum absolute atomic E-state index is 0.244. The summed E-state index contributed by atoms with van der Waals surface area (Å²) in [5, 5.41) is 8.08. The average molecular weight is 282 g/mol. The topological polar surface area (TPSA) is 63.2 Å². The fraction of sp³-hybridized carbons (Fsp3) is 0.750. The highest BCUT2D eigenvalue weighted by molar-refractivity contribution is 7.80. The van der Waals surface area contributed by atoms with Gasteiger partial charge in [0.2, 0.25) is 0 Å². The molecule has 1 aromatic rings. The van der Waals surface area contributed by atoms with E-state index in [1.807, 2.05) is 13.2 Å². The first-order valence-corrected chi connectivity index (χ1v) is 7.12. The summed E-state index contributed by atoms with van der Waals surface area (Å²) in [7, 11) is 1.89. The summed E-state index contributed by atoms with van der Waals surface area (Å²) in [6, 6.07) is 0.244. The van der Waals surface area contributed by atoms with E-state index in [-0.39, 0.29) is 6.04 Å². The molecule has 2 rings (SSSR count). The SMILES string of the molecule is CCC(C(N)=S)N1CCN(Cc2cn(C)nn2)CC1. The van der Waals surface area contributed by atoms with Gasteiger partial charge < -0.3 is 5.73 Å². The van der Waals surface area contributed by atoms with Crippen molar-refractivity contribution in [3.05, 3.63) is 11.9 Å². The molecule has 1 aliphatic rings. The number of nitrogens with zero attached hydrogens (tertiary/aromatic N) is 5. The van der Waals surface area contributed by atoms with Crippen LogP contribution in [-0.2, 0) is 13.6 Å². The zero-order chi connectivity index (χ0) is 13.8. The number of aromatic nitrogens is 3. The minimum atomic E-state index is 0.244. The molecule has 0 spiro atoms. The molecule has 1 saturated heterocycles. The molecular formula is C12H22N6S. The number of aryl methyl sites for hydroxylation is 1. The van der Waals surface area contributed by atoms with Crippen molar-refractivity contribution in [2.75, 3.05) is 26.2 Å². The van der Waals surface area contributed by atoms with Crippen molar-refractivity contribution in [3.8, 4) is 0 Å². The van der Waals surface area contributed by atoms with Gasteiger partial charge in [-0.15, -0.1) is 5.10 Å². The third-order valence-electron chi connectivity index (χ3n) is 3.60. The number of piperazine rings is 1. The first kappa shape index (κ1) is 14.4. The van der Waals surface area contributed by atoms with Crippen LogP contribution in [0.25, 0.3) is 0 Å². The fourth-order valence-electron chi connectivity index (χ4n) is 2.57. The van der Waals surface area contributed by atoms with Gasteiger partial charge >= 0.3 is 0 Å². The summed E-state index contributed by atoms with van der Waals surface area (Å²) >= 11 is 5.14. The Hall–Kier alpha value is -1.05. The second kappa shape index (κ2) is 6.40. The second-order valence-corrected chi connectivity index (χ2v) is 5.49. The van der Waals surface area contributed by atoms with Crippen LogP contribution in [0.5, 0.6) is 0 Å². The van der Waals surface area contributed by atoms with E-state index in [4.69, 9.17) is 18.0 Å². The van der Waals surface area contributed by atoms with Crippen molar-refractivity contribution in [3.63, 3.8) is 0 Å². The lowest BCUT2D eigenvalue weighted by atomic mass is 10.1. The van der Waals surface area contributed by atoms with Crippen molar-refractivity contribution in [2.45, 2.75) is 25.9 Å². The molecular weight excluding hydrogens is 260 g/mol. The van der Waals surface area contributed by atoms with Crippen molar-refractivity contribution >= 4 is 17.2 Å². The van der Waals surface area contributed by atoms with E-state index < -0.39 is 0 Å². The van der Waals surface area contributed by atoms with Crippen molar-refractivity contribution in [1.82, 2.24) is 24.8 Å². The van der Waals surface area contributed by atoms with Crippen LogP contribution >= 0.6 is 12.2 Å². The van der Waals surface area contributed by atoms with E-state index in [1.165, 1.54) is 0 Å². The molecule has 0 bridgehead atoms. The predicted octanol–water partition coefficient (Wildman–Crippen LogP) is -0.00260. The van der Waals surface area contributed by atoms with Gasteiger partial charge in [0, 0.05) is 46.0 Å². The van der Waals surface area contributed by atoms with Gasteiger partial charge in [0.25, 0.3) is 0 Å². The Morgan fingerprint density at radius 3 is 2.58 bits per heavy atom. The molecule has 2 N–H and O–H groups in total. The molecule has 1 unspecified atom stereocenters. The third-order valence-corrected chi connectivity index (χ3v) is 3.87. The van der Waals surface area contributed by atoms with Gasteiger partial charge in [0.1, 0.15) is 0 Å². The molecule has 1 aromatic heterocycles. The number of nitrogens with two attached hydrogens (primary N) is 1. The minimum Gasteiger partial charge on any atom is -0.392 e. The molecule has 0 amide bonds. The lowest BCUT2D eigenvalue weighted by Crippen LogP contribution is -2.53. The Bertz CT molecular complexity index is 424. The molecule has 1 aliphatic heterocycles. The van der Waals surface area contributed by atoms with Crippen LogP contribution in [-0.4, -0.2) is 62.0 Å². The molecule has 1 atom stereocenters. The summed E-state index contributed by atoms with van der Waals surface area (Å²) < 4.78 is 1.74. The van der Waals surface area contributed by atoms with Gasteiger partial charge in [0.15, 0.2) is 0 Å². The van der Waals surface area contributed by atoms with Gasteiger partial charge in [-0.3, -0.25) is 14.5 Å². The van der Waals surface area contributed by atoms with Gasteiger partial charge in [-0.25, -0.2) is 0 Å². The highest BCUT2D eigenvalue weighted by atomic mass is 32.1. The lowest BCUT2D eigenvalue weighted by molar-refractivity contribution is 0.111. The van der Waals surface area contributed by atoms with Crippen molar-refractivity contribution in [2.24, 2.45) is 12.8 Å². The molecule has 0 radical (unpaired) electrons. The summed E-state index contributed by atoms with van der Waals surface area (Å²) in [5.41, 5.74) is 6.82. The number of rotatable bonds is 5. The van der Waals surface area contributed by atoms with Crippen LogP contribution < -0.4 is 5.73 Å². The van der Waals surface area contributed by atoms with Crippen molar-refractivity contribution in [1.29, 1.82) is 0 Å². The Morgan fingerprint density at radius 1 is 1.42 bits per heavy atom. The molecule has 106 valence electrons. The highest BCUT2D eigenvalue weighted by Gasteiger charge is 2.24. The first-order valence-electron chi connectivity index (χ1n) is 6.71. The van der Waals surface area contributed by atoms with Gasteiger partial charge in [0.05, 0.1) is 16.7 Å². The van der Waals surface area contributed by atoms with Crippen LogP contribution in [0.15, 0.2) is 6.20 Å². The fourth-order valence-corrected chi connectivity index (χ4v) is 2.89. The summed E-state index contributed by atoms with van der Waals surface area (Å²) in [6.07, 6.45) is 2.95. The number of hydrogen-bond donors (Lipinski definition) is 1. The normalized spacial score (nSPS) is 19.5. The quantitative estimate of drug-likeness (QED) is 0.767. The molecule has 2 heterocycles. The molecule has 0 saturated carbocycles. The Labute approximate surface area is 119 Å². The van der Waals surface area contributed by atoms with E-state index in [1.54, 1.807) is 4.68 Å². The lowest BCUT2D eigenvalue weighted by Gasteiger charge is -2.38. The smallest absolute Gasteiger partial charge is 0.0967 e. The number of thiocarbonyl (C=S) groups is 1. The van der Waals surface area contributed by atoms with Crippen LogP contribution in [0.2, 0.25) is 0 Å². The zero-order valence-electron chi connectivity index (χ0n) is 11.6. The van der Waals surface area contributed by atoms with E-state index in [2.05, 4.69) is 27.0 Å². The van der Waals surface area contributed by atoms with E-state index in [0.29, 0.717) is 4.99 Å². The standard InChI is InChI=1S/C12H22N6S/c1-3-11(12(13)19)18-6-4-17(5-7-18)9-10-8-16(2)15-14-10/h8,11H,3-7,9H2,1-2H3,(H2,13,19). The zero-order valence-corrected chi connectivity index (χ0v) is 12.4. The van der Waals surface area contributed by atoms with Gasteiger partial charge in [-0.05, 0) is 6.42 Å². The summed E-state index contributed by atoms with van der Waals surface area (Å²) in [4.78, 5) is 5.40. The Balaban J connectivity index is 1.83. The molecule has 7 heteroatoms. The summed E-state index contributed by atoms with van der Waals surface area (Å²) in [6.45, 7) is 7.07. The second-order valence-electron chi connectivity index (χ2n) is 5.02. The molecule has 19 heavy (non-hydrogen) atoms. The van der Waals surface area contributed by atoms with Crippen LogP contribution in [0.3, 0.4) is 0 Å². The first-order chi connectivity index (χ1) is 9.10. The van der Waals surface area contributed by atoms with Crippen LogP contribution in [0.1, 0.15) is 19.0 Å².